The zero-order valence-corrected chi connectivity index (χ0v) is 13.7. The number of hydrogen-bond donors (Lipinski definition) is 2. The lowest BCUT2D eigenvalue weighted by Crippen LogP contribution is -2.11. The molecule has 0 radical (unpaired) electrons. The Hall–Kier alpha value is -1.43. The van der Waals surface area contributed by atoms with Gasteiger partial charge in [-0.1, -0.05) is 12.8 Å². The van der Waals surface area contributed by atoms with Gasteiger partial charge in [0.15, 0.2) is 0 Å². The second-order valence-corrected chi connectivity index (χ2v) is 5.70. The molecular formula is C15H25N3O2S. The number of carbonyl (C=O) groups is 1. The van der Waals surface area contributed by atoms with Gasteiger partial charge in [0.1, 0.15) is 5.82 Å². The number of ether oxygens (including phenoxy) is 1. The summed E-state index contributed by atoms with van der Waals surface area (Å²) in [5.41, 5.74) is 6.46. The second kappa shape index (κ2) is 10.3. The molecule has 1 heterocycles. The molecule has 21 heavy (non-hydrogen) atoms. The Labute approximate surface area is 131 Å². The average Bonchev–Trinajstić information content (AvgIpc) is 2.48. The van der Waals surface area contributed by atoms with Crippen LogP contribution in [-0.2, 0) is 4.74 Å². The summed E-state index contributed by atoms with van der Waals surface area (Å²) in [4.78, 5) is 15.9. The molecule has 118 valence electrons. The van der Waals surface area contributed by atoms with Gasteiger partial charge in [0.25, 0.3) is 0 Å². The summed E-state index contributed by atoms with van der Waals surface area (Å²) in [6.45, 7) is 2.95. The number of unbranched alkanes of at least 4 members (excludes halogenated alkanes) is 3. The summed E-state index contributed by atoms with van der Waals surface area (Å²) < 4.78 is 4.97. The Bertz CT molecular complexity index is 441. The van der Waals surface area contributed by atoms with Gasteiger partial charge in [-0.2, -0.15) is 11.8 Å². The van der Waals surface area contributed by atoms with E-state index in [4.69, 9.17) is 10.5 Å². The van der Waals surface area contributed by atoms with Gasteiger partial charge in [-0.3, -0.25) is 0 Å². The average molecular weight is 311 g/mol. The van der Waals surface area contributed by atoms with Gasteiger partial charge >= 0.3 is 5.97 Å². The SMILES string of the molecule is CCOC(=O)c1cc(NCCCCCCSC)ncc1N. The van der Waals surface area contributed by atoms with Crippen LogP contribution in [0.2, 0.25) is 0 Å². The van der Waals surface area contributed by atoms with Crippen LogP contribution in [0.3, 0.4) is 0 Å². The summed E-state index contributed by atoms with van der Waals surface area (Å²) in [6.07, 6.45) is 8.45. The van der Waals surface area contributed by atoms with Crippen molar-refractivity contribution in [2.24, 2.45) is 0 Å². The maximum Gasteiger partial charge on any atom is 0.340 e. The molecule has 0 aliphatic carbocycles. The fraction of sp³-hybridized carbons (Fsp3) is 0.600. The molecule has 1 aromatic heterocycles. The highest BCUT2D eigenvalue weighted by molar-refractivity contribution is 7.98. The molecule has 0 aliphatic rings. The largest absolute Gasteiger partial charge is 0.462 e. The number of thioether (sulfide) groups is 1. The molecule has 0 saturated heterocycles. The van der Waals surface area contributed by atoms with E-state index in [9.17, 15) is 4.79 Å². The smallest absolute Gasteiger partial charge is 0.340 e. The van der Waals surface area contributed by atoms with E-state index in [1.807, 2.05) is 11.8 Å². The number of hydrogen-bond acceptors (Lipinski definition) is 6. The molecule has 1 aromatic rings. The first-order valence-electron chi connectivity index (χ1n) is 7.34. The standard InChI is InChI=1S/C15H25N3O2S/c1-3-20-15(19)12-10-14(18-11-13(12)16)17-8-6-4-5-7-9-21-2/h10-11H,3-9,16H2,1-2H3,(H,17,18). The van der Waals surface area contributed by atoms with Crippen LogP contribution in [0.4, 0.5) is 11.5 Å². The lowest BCUT2D eigenvalue weighted by molar-refractivity contribution is 0.0527. The Morgan fingerprint density at radius 1 is 1.38 bits per heavy atom. The Morgan fingerprint density at radius 3 is 2.86 bits per heavy atom. The van der Waals surface area contributed by atoms with Gasteiger partial charge in [-0.05, 0) is 37.8 Å². The molecular weight excluding hydrogens is 286 g/mol. The fourth-order valence-corrected chi connectivity index (χ4v) is 2.38. The molecule has 1 rings (SSSR count). The molecule has 0 unspecified atom stereocenters. The number of nitrogens with two attached hydrogens (primary N) is 1. The number of nitrogens with one attached hydrogen (secondary N) is 1. The van der Waals surface area contributed by atoms with Crippen LogP contribution in [0.25, 0.3) is 0 Å². The van der Waals surface area contributed by atoms with Crippen molar-refractivity contribution in [1.82, 2.24) is 4.98 Å². The maximum absolute atomic E-state index is 11.7. The van der Waals surface area contributed by atoms with Crippen molar-refractivity contribution in [2.75, 3.05) is 36.2 Å². The summed E-state index contributed by atoms with van der Waals surface area (Å²) in [5, 5.41) is 3.22. The number of nitrogens with zero attached hydrogens (tertiary/aromatic N) is 1. The first-order chi connectivity index (χ1) is 10.2. The third-order valence-electron chi connectivity index (χ3n) is 3.01. The summed E-state index contributed by atoms with van der Waals surface area (Å²) in [6, 6.07) is 1.65. The summed E-state index contributed by atoms with van der Waals surface area (Å²) >= 11 is 1.89. The zero-order valence-electron chi connectivity index (χ0n) is 12.9. The van der Waals surface area contributed by atoms with Crippen LogP contribution in [-0.4, -0.2) is 36.1 Å². The Kier molecular flexibility index (Phi) is 8.66. The first kappa shape index (κ1) is 17.6. The number of carbonyl (C=O) groups excluding carboxylic acids is 1. The lowest BCUT2D eigenvalue weighted by atomic mass is 10.2. The highest BCUT2D eigenvalue weighted by Crippen LogP contribution is 2.16. The van der Waals surface area contributed by atoms with Crippen molar-refractivity contribution in [3.8, 4) is 0 Å². The zero-order chi connectivity index (χ0) is 15.5. The maximum atomic E-state index is 11.7. The van der Waals surface area contributed by atoms with E-state index in [1.165, 1.54) is 31.2 Å². The van der Waals surface area contributed by atoms with Gasteiger partial charge in [0.2, 0.25) is 0 Å². The van der Waals surface area contributed by atoms with E-state index < -0.39 is 5.97 Å². The third-order valence-corrected chi connectivity index (χ3v) is 3.71. The van der Waals surface area contributed by atoms with E-state index >= 15 is 0 Å². The van der Waals surface area contributed by atoms with E-state index in [2.05, 4.69) is 16.6 Å². The molecule has 0 spiro atoms. The van der Waals surface area contributed by atoms with Crippen molar-refractivity contribution < 1.29 is 9.53 Å². The van der Waals surface area contributed by atoms with Gasteiger partial charge in [-0.15, -0.1) is 0 Å². The minimum atomic E-state index is -0.405. The molecule has 0 aromatic carbocycles. The molecule has 0 atom stereocenters. The van der Waals surface area contributed by atoms with Crippen LogP contribution >= 0.6 is 11.8 Å². The Balaban J connectivity index is 2.38. The van der Waals surface area contributed by atoms with Crippen molar-refractivity contribution >= 4 is 29.2 Å². The lowest BCUT2D eigenvalue weighted by Gasteiger charge is -2.09. The Morgan fingerprint density at radius 2 is 2.14 bits per heavy atom. The van der Waals surface area contributed by atoms with Crippen LogP contribution in [0.5, 0.6) is 0 Å². The van der Waals surface area contributed by atoms with Crippen LogP contribution < -0.4 is 11.1 Å². The van der Waals surface area contributed by atoms with E-state index in [-0.39, 0.29) is 0 Å². The number of anilines is 2. The molecule has 6 heteroatoms. The number of nitrogen functional groups attached to an aromatic ring is 1. The first-order valence-corrected chi connectivity index (χ1v) is 8.73. The van der Waals surface area contributed by atoms with Crippen LogP contribution in [0.1, 0.15) is 43.0 Å². The third kappa shape index (κ3) is 6.71. The normalized spacial score (nSPS) is 10.4. The molecule has 5 nitrogen and oxygen atoms in total. The van der Waals surface area contributed by atoms with Gasteiger partial charge < -0.3 is 15.8 Å². The molecule has 0 bridgehead atoms. The molecule has 3 N–H and O–H groups in total. The topological polar surface area (TPSA) is 77.2 Å². The van der Waals surface area contributed by atoms with Crippen molar-refractivity contribution in [3.05, 3.63) is 17.8 Å². The number of rotatable bonds is 10. The highest BCUT2D eigenvalue weighted by atomic mass is 32.2. The van der Waals surface area contributed by atoms with E-state index in [0.29, 0.717) is 23.7 Å². The number of aromatic nitrogens is 1. The minimum absolute atomic E-state index is 0.333. The van der Waals surface area contributed by atoms with Gasteiger partial charge in [-0.25, -0.2) is 9.78 Å². The van der Waals surface area contributed by atoms with Crippen molar-refractivity contribution in [2.45, 2.75) is 32.6 Å². The molecule has 0 fully saturated rings. The molecule has 0 aliphatic heterocycles. The quantitative estimate of drug-likeness (QED) is 0.510. The minimum Gasteiger partial charge on any atom is -0.462 e. The number of pyridine rings is 1. The van der Waals surface area contributed by atoms with Gasteiger partial charge in [0, 0.05) is 6.54 Å². The number of esters is 1. The predicted molar refractivity (Wildman–Crippen MR) is 89.9 cm³/mol. The van der Waals surface area contributed by atoms with Crippen LogP contribution in [0.15, 0.2) is 12.3 Å². The van der Waals surface area contributed by atoms with Crippen LogP contribution in [0, 0.1) is 0 Å². The fourth-order valence-electron chi connectivity index (χ4n) is 1.89. The monoisotopic (exact) mass is 311 g/mol. The second-order valence-electron chi connectivity index (χ2n) is 4.71. The highest BCUT2D eigenvalue weighted by Gasteiger charge is 2.12. The van der Waals surface area contributed by atoms with Gasteiger partial charge in [0.05, 0.1) is 24.1 Å². The predicted octanol–water partition coefficient (Wildman–Crippen LogP) is 3.18. The van der Waals surface area contributed by atoms with E-state index in [1.54, 1.807) is 13.0 Å². The molecule has 0 amide bonds. The summed E-state index contributed by atoms with van der Waals surface area (Å²) in [7, 11) is 0. The van der Waals surface area contributed by atoms with E-state index in [0.717, 1.165) is 13.0 Å². The molecule has 0 saturated carbocycles. The van der Waals surface area contributed by atoms with Crippen molar-refractivity contribution in [1.29, 1.82) is 0 Å². The summed E-state index contributed by atoms with van der Waals surface area (Å²) in [5.74, 6) is 1.49. The van der Waals surface area contributed by atoms with Crippen molar-refractivity contribution in [3.63, 3.8) is 0 Å².